The molecule has 0 aromatic heterocycles. The summed E-state index contributed by atoms with van der Waals surface area (Å²) in [6, 6.07) is 8.43. The standard InChI is InChI=1S/C11H11NOS/c1-7-9-6-14-10-5-3-2-4-8(10)11(9)12-13-7/h2-5,7,9H,6H2,1H3. The number of thioether (sulfide) groups is 1. The van der Waals surface area contributed by atoms with E-state index in [4.69, 9.17) is 4.84 Å². The van der Waals surface area contributed by atoms with Gasteiger partial charge < -0.3 is 4.84 Å². The summed E-state index contributed by atoms with van der Waals surface area (Å²) in [6.07, 6.45) is 0.242. The molecular formula is C11H11NOS. The van der Waals surface area contributed by atoms with Crippen molar-refractivity contribution < 1.29 is 4.84 Å². The van der Waals surface area contributed by atoms with Gasteiger partial charge in [-0.05, 0) is 13.0 Å². The number of fused-ring (bicyclic) bond motifs is 3. The Morgan fingerprint density at radius 1 is 1.43 bits per heavy atom. The van der Waals surface area contributed by atoms with Crippen LogP contribution in [0.5, 0.6) is 0 Å². The van der Waals surface area contributed by atoms with Crippen LogP contribution in [-0.2, 0) is 4.84 Å². The van der Waals surface area contributed by atoms with Crippen molar-refractivity contribution in [2.45, 2.75) is 17.9 Å². The maximum Gasteiger partial charge on any atom is 0.134 e. The van der Waals surface area contributed by atoms with Gasteiger partial charge in [-0.15, -0.1) is 11.8 Å². The molecule has 14 heavy (non-hydrogen) atoms. The summed E-state index contributed by atoms with van der Waals surface area (Å²) < 4.78 is 0. The molecule has 0 saturated heterocycles. The fourth-order valence-corrected chi connectivity index (χ4v) is 3.24. The van der Waals surface area contributed by atoms with Crippen LogP contribution < -0.4 is 0 Å². The highest BCUT2D eigenvalue weighted by molar-refractivity contribution is 7.99. The number of oxime groups is 1. The number of nitrogens with zero attached hydrogens (tertiary/aromatic N) is 1. The first-order valence-electron chi connectivity index (χ1n) is 4.82. The van der Waals surface area contributed by atoms with Gasteiger partial charge in [-0.3, -0.25) is 0 Å². The normalized spacial score (nSPS) is 28.8. The zero-order chi connectivity index (χ0) is 9.54. The summed E-state index contributed by atoms with van der Waals surface area (Å²) in [7, 11) is 0. The Morgan fingerprint density at radius 2 is 2.29 bits per heavy atom. The van der Waals surface area contributed by atoms with Gasteiger partial charge in [0.15, 0.2) is 0 Å². The molecule has 0 N–H and O–H groups in total. The predicted molar refractivity (Wildman–Crippen MR) is 57.7 cm³/mol. The summed E-state index contributed by atoms with van der Waals surface area (Å²) >= 11 is 1.91. The second-order valence-corrected chi connectivity index (χ2v) is 4.76. The Bertz CT molecular complexity index is 402. The van der Waals surface area contributed by atoms with Gasteiger partial charge >= 0.3 is 0 Å². The molecule has 0 aliphatic carbocycles. The second kappa shape index (κ2) is 3.02. The molecule has 0 fully saturated rings. The Kier molecular flexibility index (Phi) is 1.80. The van der Waals surface area contributed by atoms with Gasteiger partial charge in [0.05, 0.1) is 11.6 Å². The maximum absolute atomic E-state index is 5.33. The van der Waals surface area contributed by atoms with Crippen molar-refractivity contribution in [1.82, 2.24) is 0 Å². The Hall–Kier alpha value is -0.960. The summed E-state index contributed by atoms with van der Waals surface area (Å²) in [6.45, 7) is 2.09. The largest absolute Gasteiger partial charge is 0.392 e. The van der Waals surface area contributed by atoms with Crippen LogP contribution in [0, 0.1) is 5.92 Å². The Balaban J connectivity index is 2.10. The first kappa shape index (κ1) is 8.36. The molecule has 72 valence electrons. The minimum Gasteiger partial charge on any atom is -0.392 e. The summed E-state index contributed by atoms with van der Waals surface area (Å²) in [5.74, 6) is 1.58. The molecule has 0 saturated carbocycles. The van der Waals surface area contributed by atoms with Crippen molar-refractivity contribution in [2.24, 2.45) is 11.1 Å². The lowest BCUT2D eigenvalue weighted by Gasteiger charge is -2.21. The van der Waals surface area contributed by atoms with Gasteiger partial charge in [-0.2, -0.15) is 0 Å². The van der Waals surface area contributed by atoms with E-state index in [0.717, 1.165) is 11.5 Å². The highest BCUT2D eigenvalue weighted by Crippen LogP contribution is 2.37. The average Bonchev–Trinajstić information content (AvgIpc) is 2.61. The van der Waals surface area contributed by atoms with Crippen LogP contribution in [-0.4, -0.2) is 17.6 Å². The first-order chi connectivity index (χ1) is 6.86. The third kappa shape index (κ3) is 1.08. The van der Waals surface area contributed by atoms with Crippen molar-refractivity contribution in [3.63, 3.8) is 0 Å². The lowest BCUT2D eigenvalue weighted by atomic mass is 9.94. The van der Waals surface area contributed by atoms with Crippen LogP contribution in [0.4, 0.5) is 0 Å². The first-order valence-corrected chi connectivity index (χ1v) is 5.81. The fourth-order valence-electron chi connectivity index (χ4n) is 1.95. The number of benzene rings is 1. The van der Waals surface area contributed by atoms with E-state index in [1.807, 2.05) is 11.8 Å². The van der Waals surface area contributed by atoms with Crippen LogP contribution in [0.1, 0.15) is 12.5 Å². The van der Waals surface area contributed by atoms with Crippen molar-refractivity contribution in [3.8, 4) is 0 Å². The smallest absolute Gasteiger partial charge is 0.134 e. The molecule has 2 unspecified atom stereocenters. The van der Waals surface area contributed by atoms with Crippen LogP contribution in [0.15, 0.2) is 34.3 Å². The van der Waals surface area contributed by atoms with E-state index >= 15 is 0 Å². The van der Waals surface area contributed by atoms with Crippen molar-refractivity contribution in [1.29, 1.82) is 0 Å². The van der Waals surface area contributed by atoms with Crippen LogP contribution in [0.2, 0.25) is 0 Å². The quantitative estimate of drug-likeness (QED) is 0.649. The summed E-state index contributed by atoms with van der Waals surface area (Å²) in [5, 5.41) is 4.18. The van der Waals surface area contributed by atoms with Gasteiger partial charge in [-0.1, -0.05) is 23.4 Å². The third-order valence-corrected chi connectivity index (χ3v) is 4.01. The van der Waals surface area contributed by atoms with E-state index in [1.54, 1.807) is 0 Å². The number of hydrogen-bond acceptors (Lipinski definition) is 3. The van der Waals surface area contributed by atoms with E-state index in [0.29, 0.717) is 5.92 Å². The third-order valence-electron chi connectivity index (χ3n) is 2.82. The molecule has 2 atom stereocenters. The Labute approximate surface area is 87.3 Å². The maximum atomic E-state index is 5.33. The molecule has 0 amide bonds. The molecule has 3 rings (SSSR count). The van der Waals surface area contributed by atoms with Crippen molar-refractivity contribution >= 4 is 17.5 Å². The van der Waals surface area contributed by atoms with E-state index in [9.17, 15) is 0 Å². The van der Waals surface area contributed by atoms with Gasteiger partial charge in [0.2, 0.25) is 0 Å². The molecule has 0 spiro atoms. The van der Waals surface area contributed by atoms with E-state index in [-0.39, 0.29) is 6.10 Å². The topological polar surface area (TPSA) is 21.6 Å². The molecule has 1 aromatic rings. The number of rotatable bonds is 0. The Morgan fingerprint density at radius 3 is 3.21 bits per heavy atom. The van der Waals surface area contributed by atoms with E-state index in [2.05, 4.69) is 36.3 Å². The highest BCUT2D eigenvalue weighted by Gasteiger charge is 2.35. The molecule has 2 nitrogen and oxygen atoms in total. The van der Waals surface area contributed by atoms with Gasteiger partial charge in [-0.25, -0.2) is 0 Å². The van der Waals surface area contributed by atoms with Gasteiger partial charge in [0, 0.05) is 16.2 Å². The second-order valence-electron chi connectivity index (χ2n) is 3.70. The lowest BCUT2D eigenvalue weighted by molar-refractivity contribution is 0.0809. The zero-order valence-electron chi connectivity index (χ0n) is 7.93. The molecule has 2 aliphatic rings. The monoisotopic (exact) mass is 205 g/mol. The van der Waals surface area contributed by atoms with Crippen molar-refractivity contribution in [2.75, 3.05) is 5.75 Å². The molecule has 2 heterocycles. The number of hydrogen-bond donors (Lipinski definition) is 0. The average molecular weight is 205 g/mol. The van der Waals surface area contributed by atoms with Crippen molar-refractivity contribution in [3.05, 3.63) is 29.8 Å². The molecule has 0 radical (unpaired) electrons. The van der Waals surface area contributed by atoms with Gasteiger partial charge in [0.25, 0.3) is 0 Å². The molecule has 2 aliphatic heterocycles. The highest BCUT2D eigenvalue weighted by atomic mass is 32.2. The lowest BCUT2D eigenvalue weighted by Crippen LogP contribution is -2.27. The SMILES string of the molecule is CC1ON=C2c3ccccc3SCC21. The predicted octanol–water partition coefficient (Wildman–Crippen LogP) is 2.53. The van der Waals surface area contributed by atoms with Crippen LogP contribution in [0.3, 0.4) is 0 Å². The summed E-state index contributed by atoms with van der Waals surface area (Å²) in [4.78, 5) is 6.66. The molecule has 0 bridgehead atoms. The fraction of sp³-hybridized carbons (Fsp3) is 0.364. The van der Waals surface area contributed by atoms with Crippen LogP contribution >= 0.6 is 11.8 Å². The minimum atomic E-state index is 0.242. The van der Waals surface area contributed by atoms with Gasteiger partial charge in [0.1, 0.15) is 6.10 Å². The minimum absolute atomic E-state index is 0.242. The molecule has 3 heteroatoms. The molecule has 1 aromatic carbocycles. The summed E-state index contributed by atoms with van der Waals surface area (Å²) in [5.41, 5.74) is 2.41. The zero-order valence-corrected chi connectivity index (χ0v) is 8.75. The van der Waals surface area contributed by atoms with E-state index < -0.39 is 0 Å². The van der Waals surface area contributed by atoms with Crippen LogP contribution in [0.25, 0.3) is 0 Å². The van der Waals surface area contributed by atoms with E-state index in [1.165, 1.54) is 10.5 Å². The molecular weight excluding hydrogens is 194 g/mol.